The van der Waals surface area contributed by atoms with Crippen LogP contribution in [0.3, 0.4) is 0 Å². The summed E-state index contributed by atoms with van der Waals surface area (Å²) in [5.41, 5.74) is 3.44. The lowest BCUT2D eigenvalue weighted by Crippen LogP contribution is -2.42. The smallest absolute Gasteiger partial charge is 0.220 e. The number of amides is 1. The molecule has 1 aliphatic heterocycles. The predicted octanol–water partition coefficient (Wildman–Crippen LogP) is 2.43. The number of hydrogen-bond acceptors (Lipinski definition) is 3. The van der Waals surface area contributed by atoms with Crippen LogP contribution in [-0.2, 0) is 17.6 Å². The minimum Gasteiger partial charge on any atom is -0.353 e. The minimum absolute atomic E-state index is 0. The summed E-state index contributed by atoms with van der Waals surface area (Å²) in [5.74, 6) is 0.0802. The van der Waals surface area contributed by atoms with Crippen LogP contribution in [-0.4, -0.2) is 30.8 Å². The van der Waals surface area contributed by atoms with Gasteiger partial charge in [-0.1, -0.05) is 12.1 Å². The van der Waals surface area contributed by atoms with E-state index in [-0.39, 0.29) is 30.1 Å². The molecule has 5 heteroatoms. The molecule has 0 unspecified atom stereocenters. The van der Waals surface area contributed by atoms with Crippen LogP contribution >= 0.6 is 12.4 Å². The van der Waals surface area contributed by atoms with Gasteiger partial charge in [-0.15, -0.1) is 12.4 Å². The predicted molar refractivity (Wildman–Crippen MR) is 93.3 cm³/mol. The fourth-order valence-electron chi connectivity index (χ4n) is 3.38. The second-order valence-corrected chi connectivity index (χ2v) is 6.35. The van der Waals surface area contributed by atoms with E-state index < -0.39 is 0 Å². The van der Waals surface area contributed by atoms with Gasteiger partial charge in [0.25, 0.3) is 0 Å². The van der Waals surface area contributed by atoms with Gasteiger partial charge < -0.3 is 10.6 Å². The maximum Gasteiger partial charge on any atom is 0.220 e. The van der Waals surface area contributed by atoms with Gasteiger partial charge in [-0.25, -0.2) is 0 Å². The van der Waals surface area contributed by atoms with Gasteiger partial charge in [0, 0.05) is 24.4 Å². The third-order valence-electron chi connectivity index (χ3n) is 4.70. The van der Waals surface area contributed by atoms with E-state index in [0.29, 0.717) is 12.8 Å². The Morgan fingerprint density at radius 2 is 1.83 bits per heavy atom. The van der Waals surface area contributed by atoms with Gasteiger partial charge in [0.2, 0.25) is 5.91 Å². The topological polar surface area (TPSA) is 58.2 Å². The molecule has 126 valence electrons. The van der Waals surface area contributed by atoms with Crippen molar-refractivity contribution in [2.45, 2.75) is 51.0 Å². The first-order chi connectivity index (χ1) is 10.7. The zero-order valence-electron chi connectivity index (χ0n) is 13.4. The van der Waals surface area contributed by atoms with Crippen LogP contribution in [0.4, 0.5) is 0 Å². The molecule has 2 aliphatic rings. The number of hydrogen-bond donors (Lipinski definition) is 2. The Morgan fingerprint density at radius 1 is 1.09 bits per heavy atom. The number of rotatable bonds is 5. The zero-order valence-corrected chi connectivity index (χ0v) is 14.2. The standard InChI is InChI=1S/C18H24N2O2.ClH/c21-17(15-5-4-13-2-1-3-14(13)12-15)6-7-18(22)20-16-8-10-19-11-9-16;/h4-5,12,16,19H,1-3,6-11H2,(H,20,22);1H. The van der Waals surface area contributed by atoms with E-state index >= 15 is 0 Å². The number of nitrogens with one attached hydrogen (secondary N) is 2. The Hall–Kier alpha value is -1.39. The van der Waals surface area contributed by atoms with Crippen LogP contribution in [0.2, 0.25) is 0 Å². The molecule has 1 fully saturated rings. The number of fused-ring (bicyclic) bond motifs is 1. The van der Waals surface area contributed by atoms with E-state index in [0.717, 1.165) is 44.3 Å². The fourth-order valence-corrected chi connectivity index (χ4v) is 3.38. The van der Waals surface area contributed by atoms with Gasteiger partial charge in [0.15, 0.2) is 5.78 Å². The second kappa shape index (κ2) is 8.46. The van der Waals surface area contributed by atoms with Gasteiger partial charge in [-0.3, -0.25) is 9.59 Å². The van der Waals surface area contributed by atoms with Crippen molar-refractivity contribution in [1.29, 1.82) is 0 Å². The number of ketones is 1. The van der Waals surface area contributed by atoms with E-state index in [9.17, 15) is 9.59 Å². The number of carbonyl (C=O) groups excluding carboxylic acids is 2. The highest BCUT2D eigenvalue weighted by Gasteiger charge is 2.17. The summed E-state index contributed by atoms with van der Waals surface area (Å²) in [5, 5.41) is 6.31. The average molecular weight is 337 g/mol. The summed E-state index contributed by atoms with van der Waals surface area (Å²) < 4.78 is 0. The lowest BCUT2D eigenvalue weighted by molar-refractivity contribution is -0.121. The van der Waals surface area contributed by atoms with Crippen LogP contribution in [0.25, 0.3) is 0 Å². The molecule has 0 aromatic heterocycles. The van der Waals surface area contributed by atoms with E-state index in [2.05, 4.69) is 16.7 Å². The van der Waals surface area contributed by atoms with Crippen molar-refractivity contribution in [2.24, 2.45) is 0 Å². The molecule has 2 N–H and O–H groups in total. The first kappa shape index (κ1) is 18.0. The number of halogens is 1. The van der Waals surface area contributed by atoms with Crippen LogP contribution in [0.1, 0.15) is 53.6 Å². The van der Waals surface area contributed by atoms with Gasteiger partial charge in [-0.05, 0) is 62.4 Å². The Kier molecular flexibility index (Phi) is 6.60. The number of Topliss-reactive ketones (excluding diaryl/α,β-unsaturated/α-hetero) is 1. The van der Waals surface area contributed by atoms with Crippen LogP contribution in [0.5, 0.6) is 0 Å². The Morgan fingerprint density at radius 3 is 2.61 bits per heavy atom. The number of benzene rings is 1. The highest BCUT2D eigenvalue weighted by molar-refractivity contribution is 5.98. The molecule has 1 aliphatic carbocycles. The molecular weight excluding hydrogens is 312 g/mol. The third kappa shape index (κ3) is 4.79. The van der Waals surface area contributed by atoms with Crippen molar-refractivity contribution in [3.05, 3.63) is 34.9 Å². The first-order valence-electron chi connectivity index (χ1n) is 8.37. The zero-order chi connectivity index (χ0) is 15.4. The van der Waals surface area contributed by atoms with E-state index in [1.807, 2.05) is 12.1 Å². The number of carbonyl (C=O) groups is 2. The van der Waals surface area contributed by atoms with Crippen molar-refractivity contribution in [2.75, 3.05) is 13.1 Å². The summed E-state index contributed by atoms with van der Waals surface area (Å²) in [6, 6.07) is 6.28. The normalized spacial score (nSPS) is 17.2. The molecule has 3 rings (SSSR count). The van der Waals surface area contributed by atoms with Crippen molar-refractivity contribution < 1.29 is 9.59 Å². The highest BCUT2D eigenvalue weighted by Crippen LogP contribution is 2.23. The molecule has 1 aromatic carbocycles. The molecule has 23 heavy (non-hydrogen) atoms. The summed E-state index contributed by atoms with van der Waals surface area (Å²) in [6.07, 6.45) is 5.94. The number of piperidine rings is 1. The van der Waals surface area contributed by atoms with Crippen LogP contribution in [0.15, 0.2) is 18.2 Å². The summed E-state index contributed by atoms with van der Waals surface area (Å²) in [7, 11) is 0. The van der Waals surface area contributed by atoms with Crippen LogP contribution in [0, 0.1) is 0 Å². The third-order valence-corrected chi connectivity index (χ3v) is 4.70. The molecule has 0 atom stereocenters. The van der Waals surface area contributed by atoms with Crippen LogP contribution < -0.4 is 10.6 Å². The summed E-state index contributed by atoms with van der Waals surface area (Å²) >= 11 is 0. The maximum atomic E-state index is 12.3. The Bertz CT molecular complexity index is 568. The fraction of sp³-hybridized carbons (Fsp3) is 0.556. The van der Waals surface area contributed by atoms with Crippen molar-refractivity contribution in [3.8, 4) is 0 Å². The Labute approximate surface area is 143 Å². The molecular formula is C18H25ClN2O2. The van der Waals surface area contributed by atoms with Gasteiger partial charge in [0.05, 0.1) is 0 Å². The van der Waals surface area contributed by atoms with E-state index in [1.54, 1.807) is 0 Å². The monoisotopic (exact) mass is 336 g/mol. The van der Waals surface area contributed by atoms with Gasteiger partial charge in [-0.2, -0.15) is 0 Å². The maximum absolute atomic E-state index is 12.3. The molecule has 1 amide bonds. The minimum atomic E-state index is 0. The molecule has 0 bridgehead atoms. The Balaban J connectivity index is 0.00000192. The average Bonchev–Trinajstić information content (AvgIpc) is 3.01. The number of aryl methyl sites for hydroxylation is 2. The first-order valence-corrected chi connectivity index (χ1v) is 8.37. The van der Waals surface area contributed by atoms with Crippen molar-refractivity contribution in [1.82, 2.24) is 10.6 Å². The molecule has 4 nitrogen and oxygen atoms in total. The van der Waals surface area contributed by atoms with Gasteiger partial charge in [0.1, 0.15) is 0 Å². The molecule has 0 saturated carbocycles. The molecule has 1 aromatic rings. The second-order valence-electron chi connectivity index (χ2n) is 6.35. The lowest BCUT2D eigenvalue weighted by atomic mass is 10.0. The molecule has 0 radical (unpaired) electrons. The van der Waals surface area contributed by atoms with E-state index in [4.69, 9.17) is 0 Å². The summed E-state index contributed by atoms with van der Waals surface area (Å²) in [6.45, 7) is 1.91. The van der Waals surface area contributed by atoms with E-state index in [1.165, 1.54) is 17.5 Å². The van der Waals surface area contributed by atoms with Crippen molar-refractivity contribution in [3.63, 3.8) is 0 Å². The molecule has 0 spiro atoms. The molecule has 1 heterocycles. The van der Waals surface area contributed by atoms with Gasteiger partial charge >= 0.3 is 0 Å². The summed E-state index contributed by atoms with van der Waals surface area (Å²) in [4.78, 5) is 24.2. The SMILES string of the molecule is Cl.O=C(CCC(=O)c1ccc2c(c1)CCC2)NC1CCNCC1. The highest BCUT2D eigenvalue weighted by atomic mass is 35.5. The lowest BCUT2D eigenvalue weighted by Gasteiger charge is -2.23. The largest absolute Gasteiger partial charge is 0.353 e. The van der Waals surface area contributed by atoms with Crippen molar-refractivity contribution >= 4 is 24.1 Å². The quantitative estimate of drug-likeness (QED) is 0.812. The molecule has 1 saturated heterocycles.